The quantitative estimate of drug-likeness (QED) is 0.411. The Bertz CT molecular complexity index is 1530. The van der Waals surface area contributed by atoms with Gasteiger partial charge >= 0.3 is 12.1 Å². The van der Waals surface area contributed by atoms with Crippen LogP contribution in [0.1, 0.15) is 26.5 Å². The van der Waals surface area contributed by atoms with Crippen LogP contribution in [0.5, 0.6) is 6.01 Å². The maximum atomic E-state index is 15.6. The van der Waals surface area contributed by atoms with Crippen LogP contribution in [0.25, 0.3) is 16.6 Å². The van der Waals surface area contributed by atoms with Gasteiger partial charge in [-0.15, -0.1) is 0 Å². The minimum absolute atomic E-state index is 0.0336. The van der Waals surface area contributed by atoms with Crippen molar-refractivity contribution < 1.29 is 23.0 Å². The molecule has 5 rings (SSSR count). The van der Waals surface area contributed by atoms with Crippen molar-refractivity contribution in [2.45, 2.75) is 33.3 Å². The van der Waals surface area contributed by atoms with E-state index in [4.69, 9.17) is 9.47 Å². The van der Waals surface area contributed by atoms with E-state index in [1.54, 1.807) is 34.7 Å². The lowest BCUT2D eigenvalue weighted by Crippen LogP contribution is -2.50. The number of methoxy groups -OCH3 is 1. The third kappa shape index (κ3) is 5.11. The molecule has 1 aliphatic heterocycles. The number of pyridine rings is 1. The molecule has 4 heterocycles. The number of imidazole rings is 1. The van der Waals surface area contributed by atoms with Crippen LogP contribution in [-0.4, -0.2) is 69.2 Å². The topological polar surface area (TPSA) is 97.1 Å². The molecule has 0 atom stereocenters. The molecule has 1 saturated heterocycles. The first-order chi connectivity index (χ1) is 18.0. The van der Waals surface area contributed by atoms with Crippen molar-refractivity contribution >= 4 is 39.8 Å². The molecule has 1 amide bonds. The van der Waals surface area contributed by atoms with Gasteiger partial charge in [-0.1, -0.05) is 0 Å². The van der Waals surface area contributed by atoms with Crippen molar-refractivity contribution in [1.82, 2.24) is 24.3 Å². The molecule has 0 saturated carbocycles. The minimum atomic E-state index is -0.574. The summed E-state index contributed by atoms with van der Waals surface area (Å²) in [5.74, 6) is -0.930. The van der Waals surface area contributed by atoms with Crippen LogP contribution in [0.4, 0.5) is 30.8 Å². The molecule has 0 spiro atoms. The number of anilines is 3. The number of nitrogens with one attached hydrogen (secondary N) is 1. The highest BCUT2D eigenvalue weighted by molar-refractivity contribution is 5.93. The lowest BCUT2D eigenvalue weighted by molar-refractivity contribution is 0.0240. The highest BCUT2D eigenvalue weighted by Crippen LogP contribution is 2.33. The molecule has 1 N–H and O–H groups in total. The number of nitrogens with zero attached hydrogens (tertiary/aromatic N) is 6. The van der Waals surface area contributed by atoms with Crippen molar-refractivity contribution in [3.8, 4) is 6.01 Å². The summed E-state index contributed by atoms with van der Waals surface area (Å²) in [6.07, 6.45) is 2.97. The third-order valence-corrected chi connectivity index (χ3v) is 6.08. The van der Waals surface area contributed by atoms with E-state index in [0.717, 1.165) is 0 Å². The van der Waals surface area contributed by atoms with E-state index in [0.29, 0.717) is 48.8 Å². The first-order valence-electron chi connectivity index (χ1n) is 12.2. The van der Waals surface area contributed by atoms with Gasteiger partial charge in [0.25, 0.3) is 0 Å². The lowest BCUT2D eigenvalue weighted by Gasteiger charge is -2.36. The summed E-state index contributed by atoms with van der Waals surface area (Å²) in [6, 6.07) is 4.47. The Kier molecular flexibility index (Phi) is 6.41. The Morgan fingerprint density at radius 1 is 1.00 bits per heavy atom. The fourth-order valence-corrected chi connectivity index (χ4v) is 4.40. The molecule has 3 aromatic heterocycles. The summed E-state index contributed by atoms with van der Waals surface area (Å²) in [5, 5.41) is 3.15. The number of aryl methyl sites for hydroxylation is 1. The fraction of sp³-hybridized carbons (Fsp3) is 0.385. The summed E-state index contributed by atoms with van der Waals surface area (Å²) >= 11 is 0. The second-order valence-corrected chi connectivity index (χ2v) is 10.1. The lowest BCUT2D eigenvalue weighted by atomic mass is 10.1. The van der Waals surface area contributed by atoms with Crippen LogP contribution in [0.2, 0.25) is 0 Å². The number of amides is 1. The number of rotatable bonds is 4. The van der Waals surface area contributed by atoms with E-state index in [1.165, 1.54) is 19.2 Å². The van der Waals surface area contributed by atoms with Crippen LogP contribution in [0, 0.1) is 18.6 Å². The molecule has 1 fully saturated rings. The Labute approximate surface area is 218 Å². The molecule has 4 aromatic rings. The van der Waals surface area contributed by atoms with E-state index < -0.39 is 17.2 Å². The third-order valence-electron chi connectivity index (χ3n) is 6.08. The SMILES string of the molecule is COc1nc(Nc2cc(F)c3nc(C)cn3c2)c2c(F)cc(N3CCN(C(=O)OC(C)(C)C)CC3)cc2n1. The molecular formula is C26H29F2N7O3. The average Bonchev–Trinajstić information content (AvgIpc) is 3.23. The molecule has 200 valence electrons. The molecule has 1 aromatic carbocycles. The highest BCUT2D eigenvalue weighted by Gasteiger charge is 2.27. The van der Waals surface area contributed by atoms with Crippen LogP contribution >= 0.6 is 0 Å². The summed E-state index contributed by atoms with van der Waals surface area (Å²) < 4.78 is 42.5. The second-order valence-electron chi connectivity index (χ2n) is 10.1. The number of hydrogen-bond donors (Lipinski definition) is 1. The molecule has 0 unspecified atom stereocenters. The first kappa shape index (κ1) is 25.4. The Morgan fingerprint density at radius 3 is 2.42 bits per heavy atom. The van der Waals surface area contributed by atoms with E-state index in [9.17, 15) is 9.18 Å². The maximum absolute atomic E-state index is 15.6. The number of carbonyl (C=O) groups is 1. The molecule has 0 radical (unpaired) electrons. The van der Waals surface area contributed by atoms with Crippen LogP contribution in [0.3, 0.4) is 0 Å². The largest absolute Gasteiger partial charge is 0.467 e. The Balaban J connectivity index is 1.43. The Morgan fingerprint density at radius 2 is 1.74 bits per heavy atom. The smallest absolute Gasteiger partial charge is 0.410 e. The van der Waals surface area contributed by atoms with Gasteiger partial charge in [0.05, 0.1) is 29.4 Å². The number of hydrogen-bond acceptors (Lipinski definition) is 8. The summed E-state index contributed by atoms with van der Waals surface area (Å²) in [7, 11) is 1.42. The monoisotopic (exact) mass is 525 g/mol. The molecule has 0 bridgehead atoms. The van der Waals surface area contributed by atoms with Crippen LogP contribution in [0.15, 0.2) is 30.6 Å². The van der Waals surface area contributed by atoms with Gasteiger partial charge in [-0.2, -0.15) is 9.97 Å². The van der Waals surface area contributed by atoms with Crippen molar-refractivity contribution in [2.24, 2.45) is 0 Å². The zero-order chi connectivity index (χ0) is 27.2. The number of piperazine rings is 1. The standard InChI is InChI=1S/C26H29F2N7O3/c1-15-13-35-14-16(10-19(28)23(35)29-15)30-22-21-18(27)11-17(12-20(21)31-24(32-22)37-5)33-6-8-34(9-7-33)25(36)38-26(2,3)4/h10-14H,6-9H2,1-5H3,(H,30,31,32). The predicted molar refractivity (Wildman–Crippen MR) is 139 cm³/mol. The summed E-state index contributed by atoms with van der Waals surface area (Å²) in [4.78, 5) is 28.8. The fourth-order valence-electron chi connectivity index (χ4n) is 4.40. The summed E-state index contributed by atoms with van der Waals surface area (Å²) in [6.45, 7) is 9.13. The number of carbonyl (C=O) groups excluding carboxylic acids is 1. The molecule has 0 aliphatic carbocycles. The number of fused-ring (bicyclic) bond motifs is 2. The van der Waals surface area contributed by atoms with Gasteiger partial charge in [0.1, 0.15) is 17.2 Å². The highest BCUT2D eigenvalue weighted by atomic mass is 19.1. The number of halogens is 2. The maximum Gasteiger partial charge on any atom is 0.410 e. The number of ether oxygens (including phenoxy) is 2. The Hall–Kier alpha value is -4.22. The van der Waals surface area contributed by atoms with E-state index in [2.05, 4.69) is 20.3 Å². The normalized spacial score (nSPS) is 14.3. The van der Waals surface area contributed by atoms with Gasteiger partial charge in [-0.25, -0.2) is 18.6 Å². The van der Waals surface area contributed by atoms with Gasteiger partial charge in [0, 0.05) is 50.3 Å². The van der Waals surface area contributed by atoms with Crippen molar-refractivity contribution in [1.29, 1.82) is 0 Å². The summed E-state index contributed by atoms with van der Waals surface area (Å²) in [5.41, 5.74) is 1.59. The van der Waals surface area contributed by atoms with E-state index in [-0.39, 0.29) is 29.0 Å². The van der Waals surface area contributed by atoms with Gasteiger partial charge in [0.2, 0.25) is 0 Å². The van der Waals surface area contributed by atoms with Crippen molar-refractivity contribution in [2.75, 3.05) is 43.5 Å². The molecule has 12 heteroatoms. The van der Waals surface area contributed by atoms with Crippen molar-refractivity contribution in [3.63, 3.8) is 0 Å². The minimum Gasteiger partial charge on any atom is -0.467 e. The van der Waals surface area contributed by atoms with E-state index in [1.807, 2.05) is 25.7 Å². The number of aromatic nitrogens is 4. The molecule has 10 nitrogen and oxygen atoms in total. The second kappa shape index (κ2) is 9.58. The van der Waals surface area contributed by atoms with Gasteiger partial charge < -0.3 is 29.0 Å². The average molecular weight is 526 g/mol. The molecule has 38 heavy (non-hydrogen) atoms. The van der Waals surface area contributed by atoms with Crippen molar-refractivity contribution in [3.05, 3.63) is 47.9 Å². The van der Waals surface area contributed by atoms with Crippen LogP contribution < -0.4 is 15.0 Å². The molecule has 1 aliphatic rings. The van der Waals surface area contributed by atoms with Gasteiger partial charge in [-0.3, -0.25) is 0 Å². The molecular weight excluding hydrogens is 496 g/mol. The van der Waals surface area contributed by atoms with E-state index >= 15 is 4.39 Å². The van der Waals surface area contributed by atoms with Crippen LogP contribution in [-0.2, 0) is 4.74 Å². The predicted octanol–water partition coefficient (Wildman–Crippen LogP) is 4.67. The first-order valence-corrected chi connectivity index (χ1v) is 12.2. The van der Waals surface area contributed by atoms with Gasteiger partial charge in [-0.05, 0) is 39.8 Å². The zero-order valence-electron chi connectivity index (χ0n) is 21.9. The number of benzene rings is 1. The zero-order valence-corrected chi connectivity index (χ0v) is 21.9. The van der Waals surface area contributed by atoms with Gasteiger partial charge in [0.15, 0.2) is 11.5 Å².